The van der Waals surface area contributed by atoms with Crippen molar-refractivity contribution in [1.82, 2.24) is 15.1 Å². The van der Waals surface area contributed by atoms with E-state index in [0.717, 1.165) is 56.7 Å². The average Bonchev–Trinajstić information content (AvgIpc) is 3.29. The number of hydrogen-bond donors (Lipinski definition) is 2. The van der Waals surface area contributed by atoms with Crippen LogP contribution < -0.4 is 11.1 Å². The summed E-state index contributed by atoms with van der Waals surface area (Å²) < 4.78 is 0. The van der Waals surface area contributed by atoms with Crippen molar-refractivity contribution in [2.24, 2.45) is 5.73 Å². The molecular formula is C27H35N5O. The van der Waals surface area contributed by atoms with Crippen LogP contribution in [-0.4, -0.2) is 60.5 Å². The summed E-state index contributed by atoms with van der Waals surface area (Å²) in [5.74, 6) is -0.195. The molecule has 1 atom stereocenters. The Kier molecular flexibility index (Phi) is 7.44. The van der Waals surface area contributed by atoms with Crippen molar-refractivity contribution in [1.29, 1.82) is 5.26 Å². The molecule has 1 heterocycles. The van der Waals surface area contributed by atoms with Gasteiger partial charge >= 0.3 is 0 Å². The zero-order chi connectivity index (χ0) is 23.3. The molecule has 2 aromatic carbocycles. The lowest BCUT2D eigenvalue weighted by Crippen LogP contribution is -2.54. The second-order valence-electron chi connectivity index (χ2n) is 9.70. The molecule has 3 N–H and O–H groups in total. The first-order chi connectivity index (χ1) is 15.9. The highest BCUT2D eigenvalue weighted by atomic mass is 16.2. The minimum Gasteiger partial charge on any atom is -0.338 e. The molecule has 2 fully saturated rings. The van der Waals surface area contributed by atoms with E-state index in [0.29, 0.717) is 19.3 Å². The maximum atomic E-state index is 12.5. The van der Waals surface area contributed by atoms with Gasteiger partial charge in [-0.1, -0.05) is 61.4 Å². The fraction of sp³-hybridized carbons (Fsp3) is 0.481. The van der Waals surface area contributed by atoms with Gasteiger partial charge < -0.3 is 16.0 Å². The van der Waals surface area contributed by atoms with Gasteiger partial charge in [0.2, 0.25) is 5.91 Å². The minimum atomic E-state index is -0.810. The van der Waals surface area contributed by atoms with Crippen molar-refractivity contribution in [3.05, 3.63) is 59.7 Å². The molecule has 1 saturated carbocycles. The lowest BCUT2D eigenvalue weighted by molar-refractivity contribution is -0.126. The number of benzene rings is 2. The third-order valence-electron chi connectivity index (χ3n) is 7.09. The van der Waals surface area contributed by atoms with Crippen LogP contribution >= 0.6 is 0 Å². The van der Waals surface area contributed by atoms with Gasteiger partial charge in [0.25, 0.3) is 0 Å². The van der Waals surface area contributed by atoms with E-state index in [4.69, 9.17) is 5.73 Å². The molecule has 0 aromatic heterocycles. The molecule has 6 heteroatoms. The average molecular weight is 446 g/mol. The quantitative estimate of drug-likeness (QED) is 0.685. The summed E-state index contributed by atoms with van der Waals surface area (Å²) >= 11 is 0. The highest BCUT2D eigenvalue weighted by molar-refractivity contribution is 5.86. The summed E-state index contributed by atoms with van der Waals surface area (Å²) in [6.45, 7) is 5.51. The van der Waals surface area contributed by atoms with Crippen molar-refractivity contribution < 1.29 is 4.79 Å². The Hall–Kier alpha value is -2.72. The summed E-state index contributed by atoms with van der Waals surface area (Å²) in [5, 5.41) is 12.4. The van der Waals surface area contributed by atoms with Gasteiger partial charge in [0.1, 0.15) is 6.04 Å². The van der Waals surface area contributed by atoms with E-state index in [1.54, 1.807) is 0 Å². The lowest BCUT2D eigenvalue weighted by atomic mass is 9.96. The number of hydrogen-bond acceptors (Lipinski definition) is 5. The summed E-state index contributed by atoms with van der Waals surface area (Å²) in [4.78, 5) is 17.4. The summed E-state index contributed by atoms with van der Waals surface area (Å²) in [5.41, 5.74) is 10.1. The zero-order valence-electron chi connectivity index (χ0n) is 19.6. The monoisotopic (exact) mass is 445 g/mol. The lowest BCUT2D eigenvalue weighted by Gasteiger charge is -2.32. The van der Waals surface area contributed by atoms with Gasteiger partial charge in [-0.05, 0) is 42.1 Å². The number of rotatable bonds is 7. The molecular weight excluding hydrogens is 410 g/mol. The topological polar surface area (TPSA) is 85.4 Å². The van der Waals surface area contributed by atoms with E-state index in [9.17, 15) is 10.1 Å². The molecule has 33 heavy (non-hydrogen) atoms. The number of amides is 1. The Morgan fingerprint density at radius 3 is 2.09 bits per heavy atom. The van der Waals surface area contributed by atoms with Crippen molar-refractivity contribution in [3.8, 4) is 17.2 Å². The van der Waals surface area contributed by atoms with Crippen LogP contribution in [0.4, 0.5) is 0 Å². The van der Waals surface area contributed by atoms with Gasteiger partial charge in [-0.15, -0.1) is 0 Å². The Morgan fingerprint density at radius 2 is 1.55 bits per heavy atom. The first-order valence-electron chi connectivity index (χ1n) is 12.0. The molecule has 0 bridgehead atoms. The molecule has 4 rings (SSSR count). The molecule has 1 aliphatic heterocycles. The fourth-order valence-corrected chi connectivity index (χ4v) is 4.80. The first-order valence-corrected chi connectivity index (χ1v) is 12.0. The predicted molar refractivity (Wildman–Crippen MR) is 131 cm³/mol. The van der Waals surface area contributed by atoms with E-state index in [-0.39, 0.29) is 5.91 Å². The van der Waals surface area contributed by atoms with Gasteiger partial charge in [0.15, 0.2) is 0 Å². The smallest absolute Gasteiger partial charge is 0.241 e. The molecule has 6 nitrogen and oxygen atoms in total. The molecule has 1 unspecified atom stereocenters. The maximum absolute atomic E-state index is 12.5. The van der Waals surface area contributed by atoms with E-state index in [2.05, 4.69) is 64.6 Å². The number of nitrogens with one attached hydrogen (secondary N) is 1. The maximum Gasteiger partial charge on any atom is 0.241 e. The normalized spacial score (nSPS) is 19.7. The van der Waals surface area contributed by atoms with Crippen molar-refractivity contribution in [2.75, 3.05) is 33.2 Å². The van der Waals surface area contributed by atoms with E-state index in [1.807, 2.05) is 12.1 Å². The SMILES string of the molecule is CN1CCN(Cc2ccc(-c3ccc(CC(C#N)NC(=O)C4(N)CCCC4)cc3)cc2)CC1. The number of carbonyl (C=O) groups is 1. The number of nitriles is 1. The summed E-state index contributed by atoms with van der Waals surface area (Å²) in [6.07, 6.45) is 3.81. The zero-order valence-corrected chi connectivity index (χ0v) is 19.6. The van der Waals surface area contributed by atoms with Gasteiger partial charge in [-0.3, -0.25) is 9.69 Å². The molecule has 0 spiro atoms. The van der Waals surface area contributed by atoms with Crippen LogP contribution in [0.2, 0.25) is 0 Å². The highest BCUT2D eigenvalue weighted by Gasteiger charge is 2.37. The van der Waals surface area contributed by atoms with E-state index < -0.39 is 11.6 Å². The number of nitrogens with zero attached hydrogens (tertiary/aromatic N) is 3. The van der Waals surface area contributed by atoms with Crippen LogP contribution in [0.5, 0.6) is 0 Å². The molecule has 2 aromatic rings. The Balaban J connectivity index is 1.32. The molecule has 0 radical (unpaired) electrons. The largest absolute Gasteiger partial charge is 0.338 e. The van der Waals surface area contributed by atoms with Gasteiger partial charge in [-0.25, -0.2) is 0 Å². The minimum absolute atomic E-state index is 0.195. The van der Waals surface area contributed by atoms with Crippen LogP contribution in [0.25, 0.3) is 11.1 Å². The standard InChI is InChI=1S/C27H35N5O/c1-31-14-16-32(17-15-31)20-22-6-10-24(11-7-22)23-8-4-21(5-9-23)18-25(19-28)30-26(33)27(29)12-2-3-13-27/h4-11,25H,2-3,12-18,20,29H2,1H3,(H,30,33). The molecule has 1 saturated heterocycles. The predicted octanol–water partition coefficient (Wildman–Crippen LogP) is 2.92. The molecule has 1 aliphatic carbocycles. The molecule has 1 amide bonds. The Morgan fingerprint density at radius 1 is 1.00 bits per heavy atom. The van der Waals surface area contributed by atoms with Crippen LogP contribution in [-0.2, 0) is 17.8 Å². The van der Waals surface area contributed by atoms with E-state index in [1.165, 1.54) is 11.1 Å². The number of nitrogens with two attached hydrogens (primary N) is 1. The fourth-order valence-electron chi connectivity index (χ4n) is 4.80. The van der Waals surface area contributed by atoms with E-state index >= 15 is 0 Å². The molecule has 2 aliphatic rings. The van der Waals surface area contributed by atoms with Crippen LogP contribution in [0, 0.1) is 11.3 Å². The Bertz CT molecular complexity index is 965. The summed E-state index contributed by atoms with van der Waals surface area (Å²) in [7, 11) is 2.18. The molecule has 174 valence electrons. The highest BCUT2D eigenvalue weighted by Crippen LogP contribution is 2.27. The van der Waals surface area contributed by atoms with Crippen molar-refractivity contribution in [2.45, 2.75) is 50.2 Å². The third kappa shape index (κ3) is 6.00. The number of likely N-dealkylation sites (N-methyl/N-ethyl adjacent to an activating group) is 1. The van der Waals surface area contributed by atoms with Gasteiger partial charge in [-0.2, -0.15) is 5.26 Å². The van der Waals surface area contributed by atoms with Gasteiger partial charge in [0, 0.05) is 39.1 Å². The van der Waals surface area contributed by atoms with Crippen LogP contribution in [0.1, 0.15) is 36.8 Å². The van der Waals surface area contributed by atoms with Gasteiger partial charge in [0.05, 0.1) is 11.6 Å². The second-order valence-corrected chi connectivity index (χ2v) is 9.70. The van der Waals surface area contributed by atoms with Crippen LogP contribution in [0.3, 0.4) is 0 Å². The number of carbonyl (C=O) groups excluding carboxylic acids is 1. The first kappa shape index (κ1) is 23.4. The number of piperazine rings is 1. The van der Waals surface area contributed by atoms with Crippen LogP contribution in [0.15, 0.2) is 48.5 Å². The van der Waals surface area contributed by atoms with Crippen molar-refractivity contribution in [3.63, 3.8) is 0 Å². The Labute approximate surface area is 197 Å². The summed E-state index contributed by atoms with van der Waals surface area (Å²) in [6, 6.07) is 18.7. The third-order valence-corrected chi connectivity index (χ3v) is 7.09. The second kappa shape index (κ2) is 10.5. The van der Waals surface area contributed by atoms with Crippen molar-refractivity contribution >= 4 is 5.91 Å².